The van der Waals surface area contributed by atoms with Gasteiger partial charge in [0.05, 0.1) is 11.1 Å². The van der Waals surface area contributed by atoms with Crippen LogP contribution in [0.3, 0.4) is 0 Å². The molecule has 0 bridgehead atoms. The summed E-state index contributed by atoms with van der Waals surface area (Å²) in [5.41, 5.74) is 8.04. The van der Waals surface area contributed by atoms with E-state index in [1.807, 2.05) is 13.0 Å². The summed E-state index contributed by atoms with van der Waals surface area (Å²) in [5, 5.41) is 4.89. The molecule has 2 heterocycles. The summed E-state index contributed by atoms with van der Waals surface area (Å²) < 4.78 is 5.04. The highest BCUT2D eigenvalue weighted by Gasteiger charge is 2.07. The van der Waals surface area contributed by atoms with Crippen LogP contribution in [0, 0.1) is 6.92 Å². The van der Waals surface area contributed by atoms with Crippen LogP contribution in [0.5, 0.6) is 0 Å². The Labute approximate surface area is 75.7 Å². The SMILES string of the molecule is Cc1cnc2onc(CCN)c2c1. The minimum absolute atomic E-state index is 0.579. The first kappa shape index (κ1) is 8.19. The van der Waals surface area contributed by atoms with Crippen molar-refractivity contribution < 1.29 is 4.52 Å². The number of aromatic nitrogens is 2. The average molecular weight is 177 g/mol. The number of nitrogens with two attached hydrogens (primary N) is 1. The van der Waals surface area contributed by atoms with Gasteiger partial charge < -0.3 is 10.3 Å². The zero-order chi connectivity index (χ0) is 9.26. The van der Waals surface area contributed by atoms with Crippen molar-refractivity contribution in [2.75, 3.05) is 6.54 Å². The average Bonchev–Trinajstić information content (AvgIpc) is 2.49. The molecule has 0 saturated carbocycles. The van der Waals surface area contributed by atoms with Gasteiger partial charge in [-0.2, -0.15) is 0 Å². The Balaban J connectivity index is 2.58. The fourth-order valence-electron chi connectivity index (χ4n) is 1.30. The molecule has 0 radical (unpaired) electrons. The molecule has 0 aliphatic carbocycles. The monoisotopic (exact) mass is 177 g/mol. The first-order valence-corrected chi connectivity index (χ1v) is 4.22. The molecular weight excluding hydrogens is 166 g/mol. The Morgan fingerprint density at radius 2 is 2.38 bits per heavy atom. The zero-order valence-corrected chi connectivity index (χ0v) is 7.45. The van der Waals surface area contributed by atoms with Crippen molar-refractivity contribution in [3.8, 4) is 0 Å². The second kappa shape index (κ2) is 3.14. The summed E-state index contributed by atoms with van der Waals surface area (Å²) in [6.45, 7) is 2.57. The first-order valence-electron chi connectivity index (χ1n) is 4.22. The summed E-state index contributed by atoms with van der Waals surface area (Å²) in [4.78, 5) is 4.11. The Bertz CT molecular complexity index is 422. The molecule has 4 nitrogen and oxygen atoms in total. The largest absolute Gasteiger partial charge is 0.336 e. The summed E-state index contributed by atoms with van der Waals surface area (Å²) in [6.07, 6.45) is 2.50. The van der Waals surface area contributed by atoms with Gasteiger partial charge in [-0.3, -0.25) is 0 Å². The van der Waals surface area contributed by atoms with Crippen LogP contribution >= 0.6 is 0 Å². The Morgan fingerprint density at radius 1 is 1.54 bits per heavy atom. The molecule has 0 unspecified atom stereocenters. The van der Waals surface area contributed by atoms with E-state index in [2.05, 4.69) is 10.1 Å². The molecule has 2 rings (SSSR count). The predicted molar refractivity (Wildman–Crippen MR) is 49.3 cm³/mol. The molecule has 0 aromatic carbocycles. The lowest BCUT2D eigenvalue weighted by molar-refractivity contribution is 0.439. The molecule has 13 heavy (non-hydrogen) atoms. The third-order valence-electron chi connectivity index (χ3n) is 1.92. The van der Waals surface area contributed by atoms with Gasteiger partial charge in [-0.25, -0.2) is 4.98 Å². The van der Waals surface area contributed by atoms with Gasteiger partial charge in [0.2, 0.25) is 0 Å². The van der Waals surface area contributed by atoms with Crippen LogP contribution in [0.25, 0.3) is 11.1 Å². The van der Waals surface area contributed by atoms with Crippen molar-refractivity contribution in [3.63, 3.8) is 0 Å². The number of pyridine rings is 1. The van der Waals surface area contributed by atoms with E-state index in [1.54, 1.807) is 6.20 Å². The lowest BCUT2D eigenvalue weighted by Gasteiger charge is -1.92. The van der Waals surface area contributed by atoms with Crippen LogP contribution in [0.15, 0.2) is 16.8 Å². The van der Waals surface area contributed by atoms with E-state index in [0.717, 1.165) is 23.1 Å². The number of nitrogens with zero attached hydrogens (tertiary/aromatic N) is 2. The molecule has 2 aromatic rings. The molecule has 68 valence electrons. The lowest BCUT2D eigenvalue weighted by Crippen LogP contribution is -2.02. The van der Waals surface area contributed by atoms with Gasteiger partial charge in [0.15, 0.2) is 0 Å². The van der Waals surface area contributed by atoms with Crippen LogP contribution in [0.1, 0.15) is 11.3 Å². The molecular formula is C9H11N3O. The second-order valence-electron chi connectivity index (χ2n) is 3.03. The quantitative estimate of drug-likeness (QED) is 0.744. The highest BCUT2D eigenvalue weighted by Crippen LogP contribution is 2.17. The van der Waals surface area contributed by atoms with Crippen molar-refractivity contribution in [1.82, 2.24) is 10.1 Å². The minimum atomic E-state index is 0.579. The minimum Gasteiger partial charge on any atom is -0.336 e. The highest BCUT2D eigenvalue weighted by molar-refractivity contribution is 5.76. The van der Waals surface area contributed by atoms with E-state index in [-0.39, 0.29) is 0 Å². The van der Waals surface area contributed by atoms with Crippen LogP contribution in [-0.2, 0) is 6.42 Å². The molecule has 0 fully saturated rings. The maximum Gasteiger partial charge on any atom is 0.257 e. The molecule has 2 aromatic heterocycles. The second-order valence-corrected chi connectivity index (χ2v) is 3.03. The van der Waals surface area contributed by atoms with Crippen LogP contribution < -0.4 is 5.73 Å². The fourth-order valence-corrected chi connectivity index (χ4v) is 1.30. The third-order valence-corrected chi connectivity index (χ3v) is 1.92. The highest BCUT2D eigenvalue weighted by atomic mass is 16.5. The van der Waals surface area contributed by atoms with Gasteiger partial charge in [-0.1, -0.05) is 5.16 Å². The van der Waals surface area contributed by atoms with Crippen molar-refractivity contribution in [1.29, 1.82) is 0 Å². The van der Waals surface area contributed by atoms with E-state index >= 15 is 0 Å². The standard InChI is InChI=1S/C9H11N3O/c1-6-4-7-8(2-3-10)12-13-9(7)11-5-6/h4-5H,2-3,10H2,1H3. The topological polar surface area (TPSA) is 64.9 Å². The Kier molecular flexibility index (Phi) is 1.98. The molecule has 4 heteroatoms. The normalized spacial score (nSPS) is 10.9. The smallest absolute Gasteiger partial charge is 0.257 e. The fraction of sp³-hybridized carbons (Fsp3) is 0.333. The third kappa shape index (κ3) is 1.40. The Hall–Kier alpha value is -1.42. The molecule has 0 saturated heterocycles. The van der Waals surface area contributed by atoms with Gasteiger partial charge in [0.25, 0.3) is 5.71 Å². The predicted octanol–water partition coefficient (Wildman–Crippen LogP) is 1.03. The number of hydrogen-bond donors (Lipinski definition) is 1. The number of aryl methyl sites for hydroxylation is 1. The summed E-state index contributed by atoms with van der Waals surface area (Å²) >= 11 is 0. The maximum atomic E-state index is 5.45. The molecule has 2 N–H and O–H groups in total. The summed E-state index contributed by atoms with van der Waals surface area (Å²) in [5.74, 6) is 0. The maximum absolute atomic E-state index is 5.45. The van der Waals surface area contributed by atoms with Crippen molar-refractivity contribution in [2.24, 2.45) is 5.73 Å². The number of fused-ring (bicyclic) bond motifs is 1. The Morgan fingerprint density at radius 3 is 3.15 bits per heavy atom. The van der Waals surface area contributed by atoms with Crippen LogP contribution in [0.2, 0.25) is 0 Å². The van der Waals surface area contributed by atoms with E-state index < -0.39 is 0 Å². The van der Waals surface area contributed by atoms with Crippen molar-refractivity contribution >= 4 is 11.1 Å². The van der Waals surface area contributed by atoms with Gasteiger partial charge in [-0.15, -0.1) is 0 Å². The van der Waals surface area contributed by atoms with Crippen LogP contribution in [-0.4, -0.2) is 16.7 Å². The lowest BCUT2D eigenvalue weighted by atomic mass is 10.2. The van der Waals surface area contributed by atoms with E-state index in [4.69, 9.17) is 10.3 Å². The van der Waals surface area contributed by atoms with E-state index in [9.17, 15) is 0 Å². The molecule has 0 amide bonds. The molecule has 0 atom stereocenters. The van der Waals surface area contributed by atoms with Crippen molar-refractivity contribution in [2.45, 2.75) is 13.3 Å². The van der Waals surface area contributed by atoms with E-state index in [1.165, 1.54) is 0 Å². The zero-order valence-electron chi connectivity index (χ0n) is 7.45. The molecule has 0 spiro atoms. The summed E-state index contributed by atoms with van der Waals surface area (Å²) in [7, 11) is 0. The van der Waals surface area contributed by atoms with Crippen LogP contribution in [0.4, 0.5) is 0 Å². The first-order chi connectivity index (χ1) is 6.31. The number of hydrogen-bond acceptors (Lipinski definition) is 4. The van der Waals surface area contributed by atoms with Crippen molar-refractivity contribution in [3.05, 3.63) is 23.5 Å². The molecule has 0 aliphatic rings. The molecule has 0 aliphatic heterocycles. The van der Waals surface area contributed by atoms with Gasteiger partial charge >= 0.3 is 0 Å². The summed E-state index contributed by atoms with van der Waals surface area (Å²) in [6, 6.07) is 2.02. The van der Waals surface area contributed by atoms with Gasteiger partial charge in [0, 0.05) is 12.6 Å². The van der Waals surface area contributed by atoms with Gasteiger partial charge in [0.1, 0.15) is 0 Å². The number of rotatable bonds is 2. The van der Waals surface area contributed by atoms with Gasteiger partial charge in [-0.05, 0) is 25.1 Å². The van der Waals surface area contributed by atoms with E-state index in [0.29, 0.717) is 12.3 Å².